The van der Waals surface area contributed by atoms with Crippen molar-refractivity contribution in [3.05, 3.63) is 59.9 Å². The highest BCUT2D eigenvalue weighted by Gasteiger charge is 2.27. The summed E-state index contributed by atoms with van der Waals surface area (Å²) in [4.78, 5) is 14.8. The minimum atomic E-state index is -3.60. The Balaban J connectivity index is 1.32. The number of benzene rings is 2. The van der Waals surface area contributed by atoms with Gasteiger partial charge in [0.1, 0.15) is 11.3 Å². The average Bonchev–Trinajstić information content (AvgIpc) is 3.22. The molecular formula is C23H26N2O5S. The number of hydrogen-bond acceptors (Lipinski definition) is 5. The van der Waals surface area contributed by atoms with E-state index in [0.29, 0.717) is 36.7 Å². The Morgan fingerprint density at radius 2 is 1.90 bits per heavy atom. The molecule has 0 spiro atoms. The first-order chi connectivity index (χ1) is 14.9. The van der Waals surface area contributed by atoms with Crippen molar-refractivity contribution in [2.45, 2.75) is 24.7 Å². The number of fused-ring (bicyclic) bond motifs is 1. The van der Waals surface area contributed by atoms with Crippen LogP contribution in [-0.4, -0.2) is 46.0 Å². The van der Waals surface area contributed by atoms with Crippen LogP contribution < -0.4 is 9.46 Å². The Labute approximate surface area is 182 Å². The number of nitrogens with zero attached hydrogens (tertiary/aromatic N) is 1. The number of methoxy groups -OCH3 is 1. The van der Waals surface area contributed by atoms with Crippen LogP contribution in [0.3, 0.4) is 0 Å². The normalized spacial score (nSPS) is 15.4. The Hall–Kier alpha value is -2.84. The maximum atomic E-state index is 12.8. The van der Waals surface area contributed by atoms with E-state index in [-0.39, 0.29) is 16.7 Å². The molecule has 1 N–H and O–H groups in total. The van der Waals surface area contributed by atoms with E-state index >= 15 is 0 Å². The summed E-state index contributed by atoms with van der Waals surface area (Å²) in [6, 6.07) is 14.1. The van der Waals surface area contributed by atoms with Gasteiger partial charge < -0.3 is 14.1 Å². The number of sulfonamides is 1. The van der Waals surface area contributed by atoms with Crippen LogP contribution in [-0.2, 0) is 10.0 Å². The van der Waals surface area contributed by atoms with Crippen molar-refractivity contribution in [1.82, 2.24) is 9.62 Å². The number of likely N-dealkylation sites (tertiary alicyclic amines) is 1. The molecule has 164 valence electrons. The summed E-state index contributed by atoms with van der Waals surface area (Å²) in [7, 11) is -2.04. The number of furan rings is 1. The number of rotatable bonds is 6. The highest BCUT2D eigenvalue weighted by atomic mass is 32.2. The van der Waals surface area contributed by atoms with E-state index in [4.69, 9.17) is 9.15 Å². The molecule has 1 saturated heterocycles. The maximum Gasteiger partial charge on any atom is 0.289 e. The molecule has 0 atom stereocenters. The van der Waals surface area contributed by atoms with Crippen molar-refractivity contribution in [3.63, 3.8) is 0 Å². The molecule has 2 heterocycles. The number of ether oxygens (including phenoxy) is 1. The molecule has 7 nitrogen and oxygen atoms in total. The van der Waals surface area contributed by atoms with Gasteiger partial charge in [-0.15, -0.1) is 0 Å². The number of amides is 1. The molecule has 0 radical (unpaired) electrons. The lowest BCUT2D eigenvalue weighted by Crippen LogP contribution is -2.41. The van der Waals surface area contributed by atoms with Crippen molar-refractivity contribution in [2.75, 3.05) is 26.7 Å². The van der Waals surface area contributed by atoms with E-state index in [1.54, 1.807) is 36.3 Å². The standard InChI is InChI=1S/C23H26N2O5S/c1-16-13-19(7-8-20(16)29-2)31(27,28)24-15-17-9-11-25(12-10-17)23(26)22-14-18-5-3-4-6-21(18)30-22/h3-8,13-14,17,24H,9-12,15H2,1-2H3. The maximum absolute atomic E-state index is 12.8. The van der Waals surface area contributed by atoms with E-state index in [1.165, 1.54) is 0 Å². The summed E-state index contributed by atoms with van der Waals surface area (Å²) in [6.45, 7) is 3.31. The zero-order valence-electron chi connectivity index (χ0n) is 17.6. The van der Waals surface area contributed by atoms with Crippen molar-refractivity contribution in [2.24, 2.45) is 5.92 Å². The van der Waals surface area contributed by atoms with Crippen LogP contribution >= 0.6 is 0 Å². The third kappa shape index (κ3) is 4.60. The van der Waals surface area contributed by atoms with Gasteiger partial charge in [0.05, 0.1) is 12.0 Å². The van der Waals surface area contributed by atoms with Crippen LogP contribution in [0.2, 0.25) is 0 Å². The highest BCUT2D eigenvalue weighted by molar-refractivity contribution is 7.89. The molecule has 2 aromatic carbocycles. The van der Waals surface area contributed by atoms with E-state index in [9.17, 15) is 13.2 Å². The molecule has 1 fully saturated rings. The number of piperidine rings is 1. The van der Waals surface area contributed by atoms with Crippen molar-refractivity contribution >= 4 is 26.9 Å². The van der Waals surface area contributed by atoms with Gasteiger partial charge in [-0.05, 0) is 61.6 Å². The van der Waals surface area contributed by atoms with Gasteiger partial charge in [0.2, 0.25) is 10.0 Å². The number of carbonyl (C=O) groups excluding carboxylic acids is 1. The molecule has 0 aliphatic carbocycles. The van der Waals surface area contributed by atoms with Gasteiger partial charge in [-0.2, -0.15) is 0 Å². The molecule has 8 heteroatoms. The SMILES string of the molecule is COc1ccc(S(=O)(=O)NCC2CCN(C(=O)c3cc4ccccc4o3)CC2)cc1C. The summed E-state index contributed by atoms with van der Waals surface area (Å²) >= 11 is 0. The Bertz CT molecular complexity index is 1160. The average molecular weight is 443 g/mol. The van der Waals surface area contributed by atoms with E-state index in [2.05, 4.69) is 4.72 Å². The van der Waals surface area contributed by atoms with Gasteiger partial charge in [0, 0.05) is 25.0 Å². The number of nitrogens with one attached hydrogen (secondary N) is 1. The molecule has 1 aromatic heterocycles. The van der Waals surface area contributed by atoms with Crippen LogP contribution in [0.4, 0.5) is 0 Å². The van der Waals surface area contributed by atoms with E-state index < -0.39 is 10.0 Å². The number of aryl methyl sites for hydroxylation is 1. The lowest BCUT2D eigenvalue weighted by Gasteiger charge is -2.31. The predicted octanol–water partition coefficient (Wildman–Crippen LogP) is 3.58. The second kappa shape index (κ2) is 8.72. The Kier molecular flexibility index (Phi) is 6.02. The van der Waals surface area contributed by atoms with Crippen LogP contribution in [0.15, 0.2) is 57.8 Å². The second-order valence-corrected chi connectivity index (χ2v) is 9.63. The summed E-state index contributed by atoms with van der Waals surface area (Å²) in [5, 5.41) is 0.906. The van der Waals surface area contributed by atoms with E-state index in [1.807, 2.05) is 31.2 Å². The first kappa shape index (κ1) is 21.4. The minimum Gasteiger partial charge on any atom is -0.496 e. The fraction of sp³-hybridized carbons (Fsp3) is 0.348. The fourth-order valence-electron chi connectivity index (χ4n) is 3.91. The van der Waals surface area contributed by atoms with Crippen LogP contribution in [0.1, 0.15) is 29.0 Å². The Morgan fingerprint density at radius 1 is 1.16 bits per heavy atom. The summed E-state index contributed by atoms with van der Waals surface area (Å²) < 4.78 is 38.9. The Morgan fingerprint density at radius 3 is 2.58 bits per heavy atom. The first-order valence-corrected chi connectivity index (χ1v) is 11.8. The van der Waals surface area contributed by atoms with Gasteiger partial charge >= 0.3 is 0 Å². The molecule has 0 unspecified atom stereocenters. The van der Waals surface area contributed by atoms with Crippen LogP contribution in [0, 0.1) is 12.8 Å². The smallest absolute Gasteiger partial charge is 0.289 e. The van der Waals surface area contributed by atoms with E-state index in [0.717, 1.165) is 23.8 Å². The summed E-state index contributed by atoms with van der Waals surface area (Å²) in [6.07, 6.45) is 1.46. The van der Waals surface area contributed by atoms with Crippen LogP contribution in [0.25, 0.3) is 11.0 Å². The van der Waals surface area contributed by atoms with Gasteiger partial charge in [0.25, 0.3) is 5.91 Å². The van der Waals surface area contributed by atoms with Crippen molar-refractivity contribution in [1.29, 1.82) is 0 Å². The van der Waals surface area contributed by atoms with Gasteiger partial charge in [0.15, 0.2) is 5.76 Å². The second-order valence-electron chi connectivity index (χ2n) is 7.87. The fourth-order valence-corrected chi connectivity index (χ4v) is 5.11. The first-order valence-electron chi connectivity index (χ1n) is 10.3. The summed E-state index contributed by atoms with van der Waals surface area (Å²) in [5.41, 5.74) is 1.46. The molecule has 1 aliphatic rings. The molecule has 3 aromatic rings. The number of para-hydroxylation sites is 1. The minimum absolute atomic E-state index is 0.121. The molecule has 1 aliphatic heterocycles. The van der Waals surface area contributed by atoms with Gasteiger partial charge in [-0.25, -0.2) is 13.1 Å². The highest BCUT2D eigenvalue weighted by Crippen LogP contribution is 2.24. The topological polar surface area (TPSA) is 88.9 Å². The number of carbonyl (C=O) groups is 1. The molecule has 0 saturated carbocycles. The predicted molar refractivity (Wildman–Crippen MR) is 118 cm³/mol. The monoisotopic (exact) mass is 442 g/mol. The lowest BCUT2D eigenvalue weighted by atomic mass is 9.97. The van der Waals surface area contributed by atoms with Gasteiger partial charge in [-0.1, -0.05) is 18.2 Å². The third-order valence-corrected chi connectivity index (χ3v) is 7.20. The van der Waals surface area contributed by atoms with Crippen LogP contribution in [0.5, 0.6) is 5.75 Å². The third-order valence-electron chi connectivity index (χ3n) is 5.78. The van der Waals surface area contributed by atoms with Gasteiger partial charge in [-0.3, -0.25) is 4.79 Å². The van der Waals surface area contributed by atoms with Crippen molar-refractivity contribution in [3.8, 4) is 5.75 Å². The zero-order valence-corrected chi connectivity index (χ0v) is 18.4. The lowest BCUT2D eigenvalue weighted by molar-refractivity contribution is 0.0662. The molecular weight excluding hydrogens is 416 g/mol. The van der Waals surface area contributed by atoms with Crippen molar-refractivity contribution < 1.29 is 22.4 Å². The molecule has 4 rings (SSSR count). The molecule has 31 heavy (non-hydrogen) atoms. The molecule has 0 bridgehead atoms. The quantitative estimate of drug-likeness (QED) is 0.630. The molecule has 1 amide bonds. The number of hydrogen-bond donors (Lipinski definition) is 1. The zero-order chi connectivity index (χ0) is 22.0. The largest absolute Gasteiger partial charge is 0.496 e. The summed E-state index contributed by atoms with van der Waals surface area (Å²) in [5.74, 6) is 1.05.